The number of rotatable bonds is 8. The average Bonchev–Trinajstić information content (AvgIpc) is 2.72. The predicted octanol–water partition coefficient (Wildman–Crippen LogP) is 2.95. The molecule has 0 radical (unpaired) electrons. The van der Waals surface area contributed by atoms with E-state index in [9.17, 15) is 13.2 Å². The summed E-state index contributed by atoms with van der Waals surface area (Å²) in [4.78, 5) is 12.3. The van der Waals surface area contributed by atoms with Gasteiger partial charge in [0, 0.05) is 13.1 Å². The summed E-state index contributed by atoms with van der Waals surface area (Å²) in [5, 5.41) is 8.81. The molecule has 7 nitrogen and oxygen atoms in total. The molecule has 0 aliphatic heterocycles. The van der Waals surface area contributed by atoms with Crippen LogP contribution in [0.1, 0.15) is 35.3 Å². The van der Waals surface area contributed by atoms with Crippen molar-refractivity contribution in [2.45, 2.75) is 25.3 Å². The fourth-order valence-corrected chi connectivity index (χ4v) is 4.26. The number of esters is 1. The van der Waals surface area contributed by atoms with Crippen LogP contribution in [0.25, 0.3) is 0 Å². The molecule has 2 aromatic carbocycles. The quantitative estimate of drug-likeness (QED) is 0.630. The molecule has 0 bridgehead atoms. The molecule has 0 aromatic heterocycles. The summed E-state index contributed by atoms with van der Waals surface area (Å²) in [5.41, 5.74) is 1.34. The monoisotopic (exact) mass is 402 g/mol. The number of benzene rings is 2. The van der Waals surface area contributed by atoms with Gasteiger partial charge in [-0.15, -0.1) is 0 Å². The van der Waals surface area contributed by atoms with Crippen molar-refractivity contribution >= 4 is 16.0 Å². The van der Waals surface area contributed by atoms with Crippen LogP contribution in [-0.2, 0) is 21.4 Å². The van der Waals surface area contributed by atoms with Crippen LogP contribution in [-0.4, -0.2) is 38.9 Å². The van der Waals surface area contributed by atoms with Crippen LogP contribution in [0.2, 0.25) is 0 Å². The lowest BCUT2D eigenvalue weighted by Gasteiger charge is -2.20. The van der Waals surface area contributed by atoms with Crippen LogP contribution >= 0.6 is 0 Å². The fraction of sp³-hybridized carbons (Fsp3) is 0.300. The van der Waals surface area contributed by atoms with Crippen LogP contribution in [0.15, 0.2) is 47.4 Å². The Morgan fingerprint density at radius 1 is 1.11 bits per heavy atom. The maximum Gasteiger partial charge on any atom is 0.338 e. The molecule has 2 aromatic rings. The first-order valence-corrected chi connectivity index (χ1v) is 10.2. The molecule has 0 saturated heterocycles. The van der Waals surface area contributed by atoms with E-state index >= 15 is 0 Å². The van der Waals surface area contributed by atoms with Gasteiger partial charge in [-0.1, -0.05) is 26.0 Å². The maximum atomic E-state index is 12.9. The van der Waals surface area contributed by atoms with E-state index in [-0.39, 0.29) is 22.8 Å². The predicted molar refractivity (Wildman–Crippen MR) is 103 cm³/mol. The van der Waals surface area contributed by atoms with Crippen molar-refractivity contribution in [1.29, 1.82) is 5.26 Å². The smallest absolute Gasteiger partial charge is 0.338 e. The molecule has 0 spiro atoms. The van der Waals surface area contributed by atoms with Crippen LogP contribution in [0, 0.1) is 11.3 Å². The number of nitriles is 1. The highest BCUT2D eigenvalue weighted by molar-refractivity contribution is 7.89. The van der Waals surface area contributed by atoms with E-state index in [0.29, 0.717) is 18.7 Å². The number of ether oxygens (including phenoxy) is 2. The minimum absolute atomic E-state index is 0.00863. The van der Waals surface area contributed by atoms with Crippen molar-refractivity contribution in [2.24, 2.45) is 0 Å². The van der Waals surface area contributed by atoms with Crippen molar-refractivity contribution in [3.05, 3.63) is 59.2 Å². The third kappa shape index (κ3) is 4.68. The second-order valence-corrected chi connectivity index (χ2v) is 7.75. The number of hydrogen-bond donors (Lipinski definition) is 0. The highest BCUT2D eigenvalue weighted by Crippen LogP contribution is 2.28. The molecule has 0 fully saturated rings. The number of nitrogens with zero attached hydrogens (tertiary/aromatic N) is 2. The SMILES string of the molecule is CCN(CC)S(=O)(=O)c1cc(C(=O)OCc2ccc(C#N)cc2)ccc1OC. The number of sulfonamides is 1. The molecule has 0 aliphatic carbocycles. The Kier molecular flexibility index (Phi) is 7.15. The Labute approximate surface area is 165 Å². The van der Waals surface area contributed by atoms with Crippen LogP contribution in [0.5, 0.6) is 5.75 Å². The first-order valence-electron chi connectivity index (χ1n) is 8.71. The minimum atomic E-state index is -3.80. The third-order valence-electron chi connectivity index (χ3n) is 4.18. The Balaban J connectivity index is 2.26. The van der Waals surface area contributed by atoms with Crippen molar-refractivity contribution < 1.29 is 22.7 Å². The lowest BCUT2D eigenvalue weighted by Crippen LogP contribution is -2.31. The average molecular weight is 402 g/mol. The van der Waals surface area contributed by atoms with E-state index in [1.165, 1.54) is 29.6 Å². The Morgan fingerprint density at radius 2 is 1.75 bits per heavy atom. The van der Waals surface area contributed by atoms with E-state index in [0.717, 1.165) is 5.56 Å². The summed E-state index contributed by atoms with van der Waals surface area (Å²) in [6.45, 7) is 4.09. The van der Waals surface area contributed by atoms with Gasteiger partial charge in [-0.25, -0.2) is 13.2 Å². The minimum Gasteiger partial charge on any atom is -0.495 e. The molecule has 0 amide bonds. The molecular formula is C20H22N2O5S. The number of carbonyl (C=O) groups excluding carboxylic acids is 1. The van der Waals surface area contributed by atoms with Gasteiger partial charge < -0.3 is 9.47 Å². The first kappa shape index (κ1) is 21.4. The van der Waals surface area contributed by atoms with Crippen LogP contribution < -0.4 is 4.74 Å². The molecule has 0 aliphatic rings. The molecule has 148 valence electrons. The summed E-state index contributed by atoms with van der Waals surface area (Å²) < 4.78 is 37.4. The first-order chi connectivity index (χ1) is 13.4. The van der Waals surface area contributed by atoms with Gasteiger partial charge in [0.25, 0.3) is 0 Å². The topological polar surface area (TPSA) is 96.7 Å². The van der Waals surface area contributed by atoms with Crippen molar-refractivity contribution in [1.82, 2.24) is 4.31 Å². The zero-order valence-corrected chi connectivity index (χ0v) is 16.8. The maximum absolute atomic E-state index is 12.9. The molecule has 0 N–H and O–H groups in total. The fourth-order valence-electron chi connectivity index (χ4n) is 2.62. The number of hydrogen-bond acceptors (Lipinski definition) is 6. The zero-order valence-electron chi connectivity index (χ0n) is 16.0. The standard InChI is InChI=1S/C20H22N2O5S/c1-4-22(5-2)28(24,25)19-12-17(10-11-18(19)26-3)20(23)27-14-16-8-6-15(13-21)7-9-16/h6-12H,4-5,14H2,1-3H3. The highest BCUT2D eigenvalue weighted by Gasteiger charge is 2.27. The van der Waals surface area contributed by atoms with E-state index in [1.807, 2.05) is 6.07 Å². The van der Waals surface area contributed by atoms with Crippen LogP contribution in [0.3, 0.4) is 0 Å². The lowest BCUT2D eigenvalue weighted by molar-refractivity contribution is 0.0472. The van der Waals surface area contributed by atoms with Gasteiger partial charge in [0.05, 0.1) is 24.3 Å². The number of carbonyl (C=O) groups is 1. The van der Waals surface area contributed by atoms with Gasteiger partial charge in [-0.2, -0.15) is 9.57 Å². The van der Waals surface area contributed by atoms with Crippen molar-refractivity contribution in [3.8, 4) is 11.8 Å². The summed E-state index contributed by atoms with van der Waals surface area (Å²) in [6.07, 6.45) is 0. The number of methoxy groups -OCH3 is 1. The van der Waals surface area contributed by atoms with Crippen molar-refractivity contribution in [2.75, 3.05) is 20.2 Å². The van der Waals surface area contributed by atoms with Gasteiger partial charge >= 0.3 is 5.97 Å². The highest BCUT2D eigenvalue weighted by atomic mass is 32.2. The summed E-state index contributed by atoms with van der Waals surface area (Å²) in [5.74, 6) is -0.487. The Morgan fingerprint density at radius 3 is 2.29 bits per heavy atom. The summed E-state index contributed by atoms with van der Waals surface area (Å²) >= 11 is 0. The second kappa shape index (κ2) is 9.35. The third-order valence-corrected chi connectivity index (χ3v) is 6.25. The summed E-state index contributed by atoms with van der Waals surface area (Å²) in [7, 11) is -2.43. The zero-order chi connectivity index (χ0) is 20.7. The van der Waals surface area contributed by atoms with E-state index in [1.54, 1.807) is 38.1 Å². The molecule has 2 rings (SSSR count). The van der Waals surface area contributed by atoms with Gasteiger partial charge in [0.1, 0.15) is 17.3 Å². The van der Waals surface area contributed by atoms with E-state index in [2.05, 4.69) is 0 Å². The lowest BCUT2D eigenvalue weighted by atomic mass is 10.1. The van der Waals surface area contributed by atoms with E-state index in [4.69, 9.17) is 14.7 Å². The van der Waals surface area contributed by atoms with Gasteiger partial charge in [0.15, 0.2) is 0 Å². The molecule has 0 heterocycles. The van der Waals surface area contributed by atoms with Crippen molar-refractivity contribution in [3.63, 3.8) is 0 Å². The van der Waals surface area contributed by atoms with E-state index < -0.39 is 16.0 Å². The summed E-state index contributed by atoms with van der Waals surface area (Å²) in [6, 6.07) is 12.8. The molecule has 8 heteroatoms. The van der Waals surface area contributed by atoms with Gasteiger partial charge in [0.2, 0.25) is 10.0 Å². The van der Waals surface area contributed by atoms with Gasteiger partial charge in [-0.3, -0.25) is 0 Å². The Hall–Kier alpha value is -2.89. The second-order valence-electron chi connectivity index (χ2n) is 5.84. The molecule has 0 unspecified atom stereocenters. The molecule has 28 heavy (non-hydrogen) atoms. The normalized spacial score (nSPS) is 11.1. The molecular weight excluding hydrogens is 380 g/mol. The Bertz CT molecular complexity index is 975. The van der Waals surface area contributed by atoms with Crippen LogP contribution in [0.4, 0.5) is 0 Å². The van der Waals surface area contributed by atoms with Gasteiger partial charge in [-0.05, 0) is 35.9 Å². The largest absolute Gasteiger partial charge is 0.495 e. The molecule has 0 atom stereocenters. The molecule has 0 saturated carbocycles.